The number of carbonyl (C=O) groups is 3. The third-order valence-corrected chi connectivity index (χ3v) is 3.37. The molecule has 1 saturated heterocycles. The Bertz CT molecular complexity index is 357. The van der Waals surface area contributed by atoms with E-state index in [-0.39, 0.29) is 6.54 Å². The van der Waals surface area contributed by atoms with Crippen LogP contribution < -0.4 is 5.32 Å². The summed E-state index contributed by atoms with van der Waals surface area (Å²) >= 11 is 0. The number of amides is 2. The maximum absolute atomic E-state index is 11.5. The molecule has 7 nitrogen and oxygen atoms in total. The molecule has 7 heteroatoms. The highest BCUT2D eigenvalue weighted by atomic mass is 16.5. The molecule has 1 aliphatic rings. The fraction of sp³-hybridized carbons (Fsp3) is 0.727. The van der Waals surface area contributed by atoms with Gasteiger partial charge in [-0.15, -0.1) is 0 Å². The second-order valence-electron chi connectivity index (χ2n) is 4.26. The van der Waals surface area contributed by atoms with Crippen LogP contribution in [0.2, 0.25) is 0 Å². The molecule has 1 aliphatic heterocycles. The SMILES string of the molecule is CCC1(C(=O)O)CCCN1CC(=O)NC(=O)OC. The molecule has 0 radical (unpaired) electrons. The van der Waals surface area contributed by atoms with Gasteiger partial charge in [0.1, 0.15) is 5.54 Å². The zero-order valence-electron chi connectivity index (χ0n) is 10.6. The Balaban J connectivity index is 2.68. The molecule has 0 aliphatic carbocycles. The molecule has 0 saturated carbocycles. The number of ether oxygens (including phenoxy) is 1. The average molecular weight is 258 g/mol. The smallest absolute Gasteiger partial charge is 0.413 e. The Hall–Kier alpha value is -1.63. The molecule has 1 atom stereocenters. The van der Waals surface area contributed by atoms with Crippen molar-refractivity contribution in [1.29, 1.82) is 0 Å². The zero-order chi connectivity index (χ0) is 13.8. The fourth-order valence-electron chi connectivity index (χ4n) is 2.34. The van der Waals surface area contributed by atoms with Crippen LogP contribution >= 0.6 is 0 Å². The lowest BCUT2D eigenvalue weighted by Crippen LogP contribution is -2.53. The van der Waals surface area contributed by atoms with Crippen molar-refractivity contribution in [3.8, 4) is 0 Å². The summed E-state index contributed by atoms with van der Waals surface area (Å²) in [5.74, 6) is -1.48. The lowest BCUT2D eigenvalue weighted by Gasteiger charge is -2.33. The Labute approximate surface area is 105 Å². The van der Waals surface area contributed by atoms with Crippen molar-refractivity contribution >= 4 is 18.0 Å². The topological polar surface area (TPSA) is 95.9 Å². The van der Waals surface area contributed by atoms with E-state index in [1.807, 2.05) is 5.32 Å². The van der Waals surface area contributed by atoms with Crippen molar-refractivity contribution in [3.63, 3.8) is 0 Å². The number of imide groups is 1. The molecule has 2 amide bonds. The number of likely N-dealkylation sites (tertiary alicyclic amines) is 1. The maximum Gasteiger partial charge on any atom is 0.413 e. The molecule has 1 fully saturated rings. The predicted octanol–water partition coefficient (Wildman–Crippen LogP) is 0.198. The number of hydrogen-bond donors (Lipinski definition) is 2. The molecule has 2 N–H and O–H groups in total. The molecule has 0 aromatic rings. The van der Waals surface area contributed by atoms with Crippen molar-refractivity contribution in [1.82, 2.24) is 10.2 Å². The van der Waals surface area contributed by atoms with E-state index < -0.39 is 23.5 Å². The molecule has 102 valence electrons. The first-order chi connectivity index (χ1) is 8.46. The van der Waals surface area contributed by atoms with E-state index >= 15 is 0 Å². The summed E-state index contributed by atoms with van der Waals surface area (Å²) in [6.07, 6.45) is 0.834. The maximum atomic E-state index is 11.5. The highest BCUT2D eigenvalue weighted by Crippen LogP contribution is 2.32. The molecule has 0 aromatic heterocycles. The number of nitrogens with one attached hydrogen (secondary N) is 1. The Morgan fingerprint density at radius 1 is 1.44 bits per heavy atom. The number of methoxy groups -OCH3 is 1. The number of aliphatic carboxylic acids is 1. The third-order valence-electron chi connectivity index (χ3n) is 3.37. The summed E-state index contributed by atoms with van der Waals surface area (Å²) in [7, 11) is 1.16. The Morgan fingerprint density at radius 3 is 2.61 bits per heavy atom. The second kappa shape index (κ2) is 5.81. The number of nitrogens with zero attached hydrogens (tertiary/aromatic N) is 1. The molecule has 0 aromatic carbocycles. The lowest BCUT2D eigenvalue weighted by molar-refractivity contribution is -0.150. The Morgan fingerprint density at radius 2 is 2.11 bits per heavy atom. The molecule has 1 unspecified atom stereocenters. The first-order valence-corrected chi connectivity index (χ1v) is 5.82. The van der Waals surface area contributed by atoms with Gasteiger partial charge >= 0.3 is 12.1 Å². The number of carbonyl (C=O) groups excluding carboxylic acids is 2. The van der Waals surface area contributed by atoms with Crippen LogP contribution in [0, 0.1) is 0 Å². The molecular weight excluding hydrogens is 240 g/mol. The first-order valence-electron chi connectivity index (χ1n) is 5.82. The van der Waals surface area contributed by atoms with Gasteiger partial charge in [0.15, 0.2) is 0 Å². The minimum Gasteiger partial charge on any atom is -0.480 e. The number of rotatable bonds is 4. The van der Waals surface area contributed by atoms with Crippen LogP contribution in [0.1, 0.15) is 26.2 Å². The van der Waals surface area contributed by atoms with Gasteiger partial charge in [0.05, 0.1) is 13.7 Å². The fourth-order valence-corrected chi connectivity index (χ4v) is 2.34. The summed E-state index contributed by atoms with van der Waals surface area (Å²) in [5, 5.41) is 11.3. The van der Waals surface area contributed by atoms with Crippen molar-refractivity contribution < 1.29 is 24.2 Å². The second-order valence-corrected chi connectivity index (χ2v) is 4.26. The Kier molecular flexibility index (Phi) is 4.66. The van der Waals surface area contributed by atoms with Crippen molar-refractivity contribution in [3.05, 3.63) is 0 Å². The largest absolute Gasteiger partial charge is 0.480 e. The van der Waals surface area contributed by atoms with Crippen LogP contribution in [0.4, 0.5) is 4.79 Å². The zero-order valence-corrected chi connectivity index (χ0v) is 10.6. The van der Waals surface area contributed by atoms with E-state index in [1.54, 1.807) is 11.8 Å². The van der Waals surface area contributed by atoms with Gasteiger partial charge in [-0.2, -0.15) is 0 Å². The minimum atomic E-state index is -0.993. The summed E-state index contributed by atoms with van der Waals surface area (Å²) < 4.78 is 4.31. The monoisotopic (exact) mass is 258 g/mol. The van der Waals surface area contributed by atoms with Gasteiger partial charge in [0, 0.05) is 0 Å². The van der Waals surface area contributed by atoms with Gasteiger partial charge in [0.25, 0.3) is 0 Å². The molecular formula is C11H18N2O5. The molecule has 0 spiro atoms. The van der Waals surface area contributed by atoms with Crippen LogP contribution in [0.3, 0.4) is 0 Å². The molecule has 18 heavy (non-hydrogen) atoms. The van der Waals surface area contributed by atoms with Gasteiger partial charge in [0.2, 0.25) is 5.91 Å². The quantitative estimate of drug-likeness (QED) is 0.747. The normalized spacial score (nSPS) is 23.7. The van der Waals surface area contributed by atoms with E-state index in [0.29, 0.717) is 19.4 Å². The van der Waals surface area contributed by atoms with Crippen molar-refractivity contribution in [2.24, 2.45) is 0 Å². The van der Waals surface area contributed by atoms with E-state index in [4.69, 9.17) is 0 Å². The standard InChI is InChI=1S/C11H18N2O5/c1-3-11(9(15)16)5-4-6-13(11)7-8(14)12-10(17)18-2/h3-7H2,1-2H3,(H,15,16)(H,12,14,17). The summed E-state index contributed by atoms with van der Waals surface area (Å²) in [4.78, 5) is 35.4. The number of carboxylic acid groups (broad SMARTS) is 1. The summed E-state index contributed by atoms with van der Waals surface area (Å²) in [6.45, 7) is 2.20. The number of alkyl carbamates (subject to hydrolysis) is 1. The summed E-state index contributed by atoms with van der Waals surface area (Å²) in [5.41, 5.74) is -0.993. The molecule has 0 bridgehead atoms. The number of hydrogen-bond acceptors (Lipinski definition) is 5. The highest BCUT2D eigenvalue weighted by Gasteiger charge is 2.46. The number of carboxylic acids is 1. The lowest BCUT2D eigenvalue weighted by atomic mass is 9.93. The van der Waals surface area contributed by atoms with Crippen molar-refractivity contribution in [2.75, 3.05) is 20.2 Å². The van der Waals surface area contributed by atoms with E-state index in [9.17, 15) is 19.5 Å². The summed E-state index contributed by atoms with van der Waals surface area (Å²) in [6, 6.07) is 0. The average Bonchev–Trinajstić information content (AvgIpc) is 2.72. The van der Waals surface area contributed by atoms with E-state index in [2.05, 4.69) is 4.74 Å². The van der Waals surface area contributed by atoms with Gasteiger partial charge in [-0.3, -0.25) is 19.8 Å². The predicted molar refractivity (Wildman–Crippen MR) is 62.0 cm³/mol. The van der Waals surface area contributed by atoms with Gasteiger partial charge in [-0.25, -0.2) is 4.79 Å². The van der Waals surface area contributed by atoms with E-state index in [0.717, 1.165) is 13.5 Å². The highest BCUT2D eigenvalue weighted by molar-refractivity contribution is 5.93. The van der Waals surface area contributed by atoms with Crippen molar-refractivity contribution in [2.45, 2.75) is 31.7 Å². The minimum absolute atomic E-state index is 0.116. The van der Waals surface area contributed by atoms with Crippen LogP contribution in [-0.2, 0) is 14.3 Å². The van der Waals surface area contributed by atoms with Gasteiger partial charge in [-0.1, -0.05) is 6.92 Å². The van der Waals surface area contributed by atoms with Gasteiger partial charge < -0.3 is 9.84 Å². The molecule has 1 rings (SSSR count). The van der Waals surface area contributed by atoms with Gasteiger partial charge in [-0.05, 0) is 25.8 Å². The first kappa shape index (κ1) is 14.4. The van der Waals surface area contributed by atoms with E-state index in [1.165, 1.54) is 0 Å². The van der Waals surface area contributed by atoms with Crippen LogP contribution in [0.25, 0.3) is 0 Å². The van der Waals surface area contributed by atoms with Crippen LogP contribution in [0.15, 0.2) is 0 Å². The van der Waals surface area contributed by atoms with Crippen LogP contribution in [-0.4, -0.2) is 53.7 Å². The third kappa shape index (κ3) is 2.79. The van der Waals surface area contributed by atoms with Crippen LogP contribution in [0.5, 0.6) is 0 Å². The molecule has 1 heterocycles.